The highest BCUT2D eigenvalue weighted by Crippen LogP contribution is 2.33. The number of carbonyl (C=O) groups is 1. The van der Waals surface area contributed by atoms with Gasteiger partial charge in [-0.15, -0.1) is 0 Å². The number of aliphatic hydroxyl groups excluding tert-OH is 1. The Morgan fingerprint density at radius 3 is 2.71 bits per heavy atom. The van der Waals surface area contributed by atoms with Gasteiger partial charge in [-0.25, -0.2) is 0 Å². The van der Waals surface area contributed by atoms with Crippen LogP contribution in [0, 0.1) is 5.92 Å². The number of hydrogen-bond acceptors (Lipinski definition) is 2. The summed E-state index contributed by atoms with van der Waals surface area (Å²) in [6, 6.07) is 0. The van der Waals surface area contributed by atoms with Crippen LogP contribution in [0.1, 0.15) is 44.9 Å². The predicted molar refractivity (Wildman–Crippen MR) is 55.9 cm³/mol. The summed E-state index contributed by atoms with van der Waals surface area (Å²) in [5.41, 5.74) is 0. The molecule has 2 N–H and O–H groups in total. The lowest BCUT2D eigenvalue weighted by Gasteiger charge is -2.03. The molecule has 0 heterocycles. The number of rotatable bonds is 8. The number of amides is 1. The van der Waals surface area contributed by atoms with E-state index in [-0.39, 0.29) is 12.5 Å². The minimum absolute atomic E-state index is 0.134. The van der Waals surface area contributed by atoms with Crippen LogP contribution in [0.25, 0.3) is 0 Å². The first-order valence-electron chi connectivity index (χ1n) is 5.70. The van der Waals surface area contributed by atoms with Crippen molar-refractivity contribution in [3.05, 3.63) is 0 Å². The second-order valence-electron chi connectivity index (χ2n) is 4.12. The highest BCUT2D eigenvalue weighted by Gasteiger charge is 2.19. The number of carbonyl (C=O) groups excluding carboxylic acids is 1. The molecule has 0 aliphatic heterocycles. The van der Waals surface area contributed by atoms with Crippen molar-refractivity contribution < 1.29 is 9.90 Å². The average Bonchev–Trinajstić information content (AvgIpc) is 2.97. The molecule has 0 bridgehead atoms. The van der Waals surface area contributed by atoms with Crippen molar-refractivity contribution >= 4 is 5.91 Å². The molecule has 1 amide bonds. The normalized spacial score (nSPS) is 15.5. The van der Waals surface area contributed by atoms with Crippen molar-refractivity contribution in [1.29, 1.82) is 0 Å². The van der Waals surface area contributed by atoms with Crippen molar-refractivity contribution in [3.63, 3.8) is 0 Å². The molecule has 3 heteroatoms. The largest absolute Gasteiger partial charge is 0.396 e. The van der Waals surface area contributed by atoms with Crippen molar-refractivity contribution in [1.82, 2.24) is 5.32 Å². The van der Waals surface area contributed by atoms with Gasteiger partial charge >= 0.3 is 0 Å². The highest BCUT2D eigenvalue weighted by atomic mass is 16.2. The standard InChI is InChI=1S/C11H21NO2/c13-9-2-1-5-11(14)12-8-3-4-10-6-7-10/h10,13H,1-9H2,(H,12,14). The molecule has 0 spiro atoms. The Bertz CT molecular complexity index is 167. The van der Waals surface area contributed by atoms with Gasteiger partial charge in [0.05, 0.1) is 0 Å². The van der Waals surface area contributed by atoms with E-state index in [1.165, 1.54) is 19.3 Å². The molecule has 1 rings (SSSR count). The molecule has 0 aromatic heterocycles. The SMILES string of the molecule is O=C(CCCCO)NCCCC1CC1. The van der Waals surface area contributed by atoms with Crippen LogP contribution in [0.5, 0.6) is 0 Å². The Kier molecular flexibility index (Phi) is 5.60. The summed E-state index contributed by atoms with van der Waals surface area (Å²) in [5.74, 6) is 1.09. The Balaban J connectivity index is 1.81. The van der Waals surface area contributed by atoms with Gasteiger partial charge in [-0.2, -0.15) is 0 Å². The Hall–Kier alpha value is -0.570. The molecule has 14 heavy (non-hydrogen) atoms. The molecular weight excluding hydrogens is 178 g/mol. The molecule has 82 valence electrons. The van der Waals surface area contributed by atoms with Crippen LogP contribution in [0.3, 0.4) is 0 Å². The smallest absolute Gasteiger partial charge is 0.219 e. The van der Waals surface area contributed by atoms with Crippen molar-refractivity contribution in [2.75, 3.05) is 13.2 Å². The first-order chi connectivity index (χ1) is 6.83. The summed E-state index contributed by atoms with van der Waals surface area (Å²) >= 11 is 0. The van der Waals surface area contributed by atoms with E-state index < -0.39 is 0 Å². The van der Waals surface area contributed by atoms with Crippen molar-refractivity contribution in [2.24, 2.45) is 5.92 Å². The molecule has 1 saturated carbocycles. The average molecular weight is 199 g/mol. The molecule has 0 saturated heterocycles. The van der Waals surface area contributed by atoms with E-state index in [0.717, 1.165) is 31.7 Å². The Morgan fingerprint density at radius 2 is 2.07 bits per heavy atom. The van der Waals surface area contributed by atoms with Gasteiger partial charge in [0.2, 0.25) is 5.91 Å². The highest BCUT2D eigenvalue weighted by molar-refractivity contribution is 5.75. The van der Waals surface area contributed by atoms with Crippen molar-refractivity contribution in [3.8, 4) is 0 Å². The van der Waals surface area contributed by atoms with Gasteiger partial charge < -0.3 is 10.4 Å². The van der Waals surface area contributed by atoms with Gasteiger partial charge in [0.25, 0.3) is 0 Å². The lowest BCUT2D eigenvalue weighted by atomic mass is 10.2. The topological polar surface area (TPSA) is 49.3 Å². The van der Waals surface area contributed by atoms with Gasteiger partial charge in [0.15, 0.2) is 0 Å². The van der Waals surface area contributed by atoms with E-state index in [1.54, 1.807) is 0 Å². The zero-order chi connectivity index (χ0) is 10.2. The summed E-state index contributed by atoms with van der Waals surface area (Å²) < 4.78 is 0. The van der Waals surface area contributed by atoms with Crippen molar-refractivity contribution in [2.45, 2.75) is 44.9 Å². The molecule has 3 nitrogen and oxygen atoms in total. The van der Waals surface area contributed by atoms with Gasteiger partial charge in [-0.05, 0) is 31.6 Å². The van der Waals surface area contributed by atoms with Crippen LogP contribution in [-0.2, 0) is 4.79 Å². The lowest BCUT2D eigenvalue weighted by Crippen LogP contribution is -2.24. The minimum Gasteiger partial charge on any atom is -0.396 e. The van der Waals surface area contributed by atoms with Gasteiger partial charge in [0, 0.05) is 19.6 Å². The first kappa shape index (κ1) is 11.5. The fourth-order valence-electron chi connectivity index (χ4n) is 1.51. The summed E-state index contributed by atoms with van der Waals surface area (Å²) in [6.07, 6.45) is 7.27. The third kappa shape index (κ3) is 5.97. The lowest BCUT2D eigenvalue weighted by molar-refractivity contribution is -0.121. The molecule has 1 aliphatic rings. The molecule has 0 radical (unpaired) electrons. The second-order valence-corrected chi connectivity index (χ2v) is 4.12. The van der Waals surface area contributed by atoms with Crippen LogP contribution in [0.4, 0.5) is 0 Å². The number of hydrogen-bond donors (Lipinski definition) is 2. The maximum Gasteiger partial charge on any atom is 0.219 e. The van der Waals surface area contributed by atoms with E-state index in [0.29, 0.717) is 6.42 Å². The summed E-state index contributed by atoms with van der Waals surface area (Å²) in [6.45, 7) is 1.02. The Labute approximate surface area is 85.9 Å². The number of unbranched alkanes of at least 4 members (excludes halogenated alkanes) is 1. The molecule has 0 unspecified atom stereocenters. The van der Waals surface area contributed by atoms with Crippen LogP contribution in [0.2, 0.25) is 0 Å². The van der Waals surface area contributed by atoms with E-state index in [1.807, 2.05) is 0 Å². The summed E-state index contributed by atoms with van der Waals surface area (Å²) in [4.78, 5) is 11.2. The fraction of sp³-hybridized carbons (Fsp3) is 0.909. The monoisotopic (exact) mass is 199 g/mol. The first-order valence-corrected chi connectivity index (χ1v) is 5.70. The van der Waals surface area contributed by atoms with E-state index in [2.05, 4.69) is 5.32 Å². The van der Waals surface area contributed by atoms with Crippen LogP contribution in [0.15, 0.2) is 0 Å². The molecule has 0 aromatic rings. The van der Waals surface area contributed by atoms with Crippen LogP contribution < -0.4 is 5.32 Å². The number of nitrogens with one attached hydrogen (secondary N) is 1. The van der Waals surface area contributed by atoms with Crippen LogP contribution >= 0.6 is 0 Å². The molecule has 1 fully saturated rings. The van der Waals surface area contributed by atoms with E-state index in [9.17, 15) is 4.79 Å². The zero-order valence-corrected chi connectivity index (χ0v) is 8.80. The second kappa shape index (κ2) is 6.82. The predicted octanol–water partition coefficient (Wildman–Crippen LogP) is 1.46. The quantitative estimate of drug-likeness (QED) is 0.581. The Morgan fingerprint density at radius 1 is 1.29 bits per heavy atom. The van der Waals surface area contributed by atoms with Gasteiger partial charge in [-0.3, -0.25) is 4.79 Å². The van der Waals surface area contributed by atoms with E-state index in [4.69, 9.17) is 5.11 Å². The van der Waals surface area contributed by atoms with E-state index >= 15 is 0 Å². The fourth-order valence-corrected chi connectivity index (χ4v) is 1.51. The molecule has 1 aliphatic carbocycles. The number of aliphatic hydroxyl groups is 1. The zero-order valence-electron chi connectivity index (χ0n) is 8.80. The van der Waals surface area contributed by atoms with Crippen LogP contribution in [-0.4, -0.2) is 24.2 Å². The summed E-state index contributed by atoms with van der Waals surface area (Å²) in [7, 11) is 0. The molecule has 0 aromatic carbocycles. The summed E-state index contributed by atoms with van der Waals surface area (Å²) in [5, 5.41) is 11.4. The maximum absolute atomic E-state index is 11.2. The molecular formula is C11H21NO2. The molecule has 0 atom stereocenters. The third-order valence-electron chi connectivity index (χ3n) is 2.62. The van der Waals surface area contributed by atoms with Gasteiger partial charge in [-0.1, -0.05) is 12.8 Å². The maximum atomic E-state index is 11.2. The third-order valence-corrected chi connectivity index (χ3v) is 2.62. The minimum atomic E-state index is 0.134. The van der Waals surface area contributed by atoms with Gasteiger partial charge in [0.1, 0.15) is 0 Å².